The highest BCUT2D eigenvalue weighted by Crippen LogP contribution is 2.32. The molecule has 2 aromatic rings. The van der Waals surface area contributed by atoms with Crippen molar-refractivity contribution in [2.45, 2.75) is 6.54 Å². The van der Waals surface area contributed by atoms with Crippen LogP contribution in [0.3, 0.4) is 0 Å². The van der Waals surface area contributed by atoms with Crippen molar-refractivity contribution in [3.63, 3.8) is 0 Å². The number of amides is 2. The molecule has 110 valence electrons. The minimum absolute atomic E-state index is 0.0191. The lowest BCUT2D eigenvalue weighted by atomic mass is 10.1. The number of nitrogen functional groups attached to an aromatic ring is 1. The predicted molar refractivity (Wildman–Crippen MR) is 81.8 cm³/mol. The van der Waals surface area contributed by atoms with Crippen LogP contribution in [0, 0.1) is 0 Å². The van der Waals surface area contributed by atoms with E-state index in [1.54, 1.807) is 0 Å². The Morgan fingerprint density at radius 1 is 1.43 bits per heavy atom. The average Bonchev–Trinajstić information content (AvgIpc) is 2.85. The van der Waals surface area contributed by atoms with Gasteiger partial charge in [-0.2, -0.15) is 0 Å². The van der Waals surface area contributed by atoms with E-state index in [0.717, 1.165) is 22.2 Å². The fourth-order valence-corrected chi connectivity index (χ4v) is 3.67. The van der Waals surface area contributed by atoms with Crippen molar-refractivity contribution in [3.05, 3.63) is 34.7 Å². The fourth-order valence-electron chi connectivity index (χ4n) is 2.55. The zero-order chi connectivity index (χ0) is 14.8. The van der Waals surface area contributed by atoms with Crippen molar-refractivity contribution in [1.29, 1.82) is 0 Å². The molecular formula is C14H16N4O2S. The largest absolute Gasteiger partial charge is 0.354 e. The molecule has 7 heteroatoms. The lowest BCUT2D eigenvalue weighted by Gasteiger charge is -2.26. The Hall–Kier alpha value is -1.96. The summed E-state index contributed by atoms with van der Waals surface area (Å²) in [5.41, 5.74) is 3.14. The number of rotatable bonds is 3. The molecule has 1 aromatic carbocycles. The summed E-state index contributed by atoms with van der Waals surface area (Å²) in [7, 11) is 0. The van der Waals surface area contributed by atoms with Gasteiger partial charge >= 0.3 is 0 Å². The van der Waals surface area contributed by atoms with Crippen LogP contribution in [0.1, 0.15) is 15.2 Å². The third-order valence-corrected chi connectivity index (χ3v) is 4.75. The standard InChI is InChI=1S/C14H16N4O2S/c15-17-14(20)13-10(7-18-6-5-16-12(19)8-18)9-3-1-2-4-11(9)21-13/h1-4H,5-8,15H2,(H,16,19)(H,17,20). The van der Waals surface area contributed by atoms with E-state index in [-0.39, 0.29) is 11.8 Å². The maximum Gasteiger partial charge on any atom is 0.275 e. The van der Waals surface area contributed by atoms with Gasteiger partial charge < -0.3 is 5.32 Å². The van der Waals surface area contributed by atoms with Crippen LogP contribution in [0.25, 0.3) is 10.1 Å². The number of piperazine rings is 1. The summed E-state index contributed by atoms with van der Waals surface area (Å²) in [6.07, 6.45) is 0. The summed E-state index contributed by atoms with van der Waals surface area (Å²) in [6, 6.07) is 7.88. The van der Waals surface area contributed by atoms with E-state index in [9.17, 15) is 9.59 Å². The molecule has 1 aromatic heterocycles. The van der Waals surface area contributed by atoms with Crippen LogP contribution in [0.4, 0.5) is 0 Å². The average molecular weight is 304 g/mol. The van der Waals surface area contributed by atoms with Crippen LogP contribution in [0.15, 0.2) is 24.3 Å². The first-order valence-electron chi connectivity index (χ1n) is 6.69. The zero-order valence-electron chi connectivity index (χ0n) is 11.4. The molecule has 1 aliphatic heterocycles. The van der Waals surface area contributed by atoms with Gasteiger partial charge in [0.2, 0.25) is 5.91 Å². The smallest absolute Gasteiger partial charge is 0.275 e. The van der Waals surface area contributed by atoms with Crippen LogP contribution in [-0.4, -0.2) is 36.3 Å². The number of hydrogen-bond acceptors (Lipinski definition) is 5. The highest BCUT2D eigenvalue weighted by molar-refractivity contribution is 7.21. The molecular weight excluding hydrogens is 288 g/mol. The number of thiophene rings is 1. The Labute approximate surface area is 125 Å². The van der Waals surface area contributed by atoms with E-state index in [2.05, 4.69) is 10.7 Å². The topological polar surface area (TPSA) is 87.5 Å². The Bertz CT molecular complexity index is 697. The minimum Gasteiger partial charge on any atom is -0.354 e. The molecule has 1 saturated heterocycles. The third-order valence-electron chi connectivity index (χ3n) is 3.53. The van der Waals surface area contributed by atoms with Crippen LogP contribution in [0.2, 0.25) is 0 Å². The number of hydrazine groups is 1. The molecule has 2 amide bonds. The number of fused-ring (bicyclic) bond motifs is 1. The molecule has 0 saturated carbocycles. The molecule has 0 unspecified atom stereocenters. The van der Waals surface area contributed by atoms with E-state index in [4.69, 9.17) is 5.84 Å². The number of benzene rings is 1. The van der Waals surface area contributed by atoms with E-state index in [1.807, 2.05) is 29.2 Å². The summed E-state index contributed by atoms with van der Waals surface area (Å²) >= 11 is 1.43. The van der Waals surface area contributed by atoms with Crippen LogP contribution in [-0.2, 0) is 11.3 Å². The molecule has 3 rings (SSSR count). The molecule has 0 spiro atoms. The fraction of sp³-hybridized carbons (Fsp3) is 0.286. The molecule has 21 heavy (non-hydrogen) atoms. The molecule has 0 bridgehead atoms. The normalized spacial score (nSPS) is 16.0. The van der Waals surface area contributed by atoms with Gasteiger partial charge in [0, 0.05) is 24.3 Å². The first-order chi connectivity index (χ1) is 10.2. The molecule has 0 atom stereocenters. The molecule has 4 N–H and O–H groups in total. The van der Waals surface area contributed by atoms with Gasteiger partial charge in [0.1, 0.15) is 0 Å². The van der Waals surface area contributed by atoms with E-state index in [1.165, 1.54) is 11.3 Å². The van der Waals surface area contributed by atoms with Crippen molar-refractivity contribution < 1.29 is 9.59 Å². The highest BCUT2D eigenvalue weighted by atomic mass is 32.1. The van der Waals surface area contributed by atoms with Gasteiger partial charge in [0.15, 0.2) is 0 Å². The number of nitrogens with one attached hydrogen (secondary N) is 2. The molecule has 1 aliphatic rings. The number of carbonyl (C=O) groups is 2. The lowest BCUT2D eigenvalue weighted by Crippen LogP contribution is -2.47. The Morgan fingerprint density at radius 3 is 3.00 bits per heavy atom. The second kappa shape index (κ2) is 5.80. The van der Waals surface area contributed by atoms with Gasteiger partial charge in [0.25, 0.3) is 5.91 Å². The van der Waals surface area contributed by atoms with E-state index in [0.29, 0.717) is 24.5 Å². The van der Waals surface area contributed by atoms with Gasteiger partial charge in [-0.25, -0.2) is 5.84 Å². The van der Waals surface area contributed by atoms with Crippen molar-refractivity contribution in [2.24, 2.45) is 5.84 Å². The number of nitrogens with zero attached hydrogens (tertiary/aromatic N) is 1. The maximum absolute atomic E-state index is 12.0. The lowest BCUT2D eigenvalue weighted by molar-refractivity contribution is -0.124. The zero-order valence-corrected chi connectivity index (χ0v) is 12.2. The van der Waals surface area contributed by atoms with Gasteiger partial charge in [0.05, 0.1) is 11.4 Å². The predicted octanol–water partition coefficient (Wildman–Crippen LogP) is 0.437. The number of nitrogens with two attached hydrogens (primary N) is 1. The Morgan fingerprint density at radius 2 is 2.24 bits per heavy atom. The second-order valence-electron chi connectivity index (χ2n) is 4.94. The summed E-state index contributed by atoms with van der Waals surface area (Å²) in [5, 5.41) is 3.85. The maximum atomic E-state index is 12.0. The molecule has 2 heterocycles. The monoisotopic (exact) mass is 304 g/mol. The number of carbonyl (C=O) groups excluding carboxylic acids is 2. The molecule has 1 fully saturated rings. The summed E-state index contributed by atoms with van der Waals surface area (Å²) in [5.74, 6) is 5.01. The third kappa shape index (κ3) is 2.76. The van der Waals surface area contributed by atoms with Crippen LogP contribution < -0.4 is 16.6 Å². The first kappa shape index (κ1) is 14.0. The summed E-state index contributed by atoms with van der Waals surface area (Å²) in [6.45, 7) is 2.34. The van der Waals surface area contributed by atoms with Gasteiger partial charge in [-0.15, -0.1) is 11.3 Å². The Kier molecular flexibility index (Phi) is 3.87. The van der Waals surface area contributed by atoms with Gasteiger partial charge in [-0.1, -0.05) is 18.2 Å². The van der Waals surface area contributed by atoms with Gasteiger partial charge in [-0.05, 0) is 17.0 Å². The molecule has 0 radical (unpaired) electrons. The highest BCUT2D eigenvalue weighted by Gasteiger charge is 2.22. The van der Waals surface area contributed by atoms with Crippen molar-refractivity contribution >= 4 is 33.2 Å². The van der Waals surface area contributed by atoms with E-state index >= 15 is 0 Å². The van der Waals surface area contributed by atoms with Crippen LogP contribution >= 0.6 is 11.3 Å². The number of hydrogen-bond donors (Lipinski definition) is 3. The quantitative estimate of drug-likeness (QED) is 0.436. The van der Waals surface area contributed by atoms with Gasteiger partial charge in [-0.3, -0.25) is 19.9 Å². The Balaban J connectivity index is 1.98. The van der Waals surface area contributed by atoms with Crippen molar-refractivity contribution in [2.75, 3.05) is 19.6 Å². The summed E-state index contributed by atoms with van der Waals surface area (Å²) < 4.78 is 1.05. The molecule has 0 aliphatic carbocycles. The second-order valence-corrected chi connectivity index (χ2v) is 5.99. The molecule has 6 nitrogen and oxygen atoms in total. The SMILES string of the molecule is NNC(=O)c1sc2ccccc2c1CN1CCNC(=O)C1. The minimum atomic E-state index is -0.285. The van der Waals surface area contributed by atoms with Crippen molar-refractivity contribution in [3.8, 4) is 0 Å². The van der Waals surface area contributed by atoms with Crippen molar-refractivity contribution in [1.82, 2.24) is 15.6 Å². The summed E-state index contributed by atoms with van der Waals surface area (Å²) in [4.78, 5) is 26.1. The van der Waals surface area contributed by atoms with E-state index < -0.39 is 0 Å². The first-order valence-corrected chi connectivity index (χ1v) is 7.51. The van der Waals surface area contributed by atoms with Crippen LogP contribution in [0.5, 0.6) is 0 Å².